The molecule has 1 N–H and O–H groups in total. The summed E-state index contributed by atoms with van der Waals surface area (Å²) in [6.45, 7) is 1.95. The average Bonchev–Trinajstić information content (AvgIpc) is 3.39. The second kappa shape index (κ2) is 6.43. The minimum absolute atomic E-state index is 0.000662. The molecule has 24 heavy (non-hydrogen) atoms. The number of likely N-dealkylation sites (N-methyl/N-ethyl adjacent to an activating group) is 1. The van der Waals surface area contributed by atoms with Gasteiger partial charge in [0.25, 0.3) is 0 Å². The number of carbonyl (C=O) groups excluding carboxylic acids is 2. The van der Waals surface area contributed by atoms with Crippen LogP contribution in [-0.2, 0) is 15.0 Å². The van der Waals surface area contributed by atoms with Crippen LogP contribution in [0.1, 0.15) is 24.0 Å². The fourth-order valence-corrected chi connectivity index (χ4v) is 2.88. The predicted octanol–water partition coefficient (Wildman–Crippen LogP) is 2.52. The summed E-state index contributed by atoms with van der Waals surface area (Å²) >= 11 is 0. The summed E-state index contributed by atoms with van der Waals surface area (Å²) < 4.78 is 0. The maximum Gasteiger partial charge on any atom is 0.245 e. The van der Waals surface area contributed by atoms with E-state index in [1.165, 1.54) is 4.90 Å². The standard InChI is InChI=1S/C19H21N3O2/c1-14-8-9-16(20-12-14)21-17(23)13-22(2)18(24)19(10-11-19)15-6-4-3-5-7-15/h3-9,12H,10-11,13H2,1-2H3,(H,20,21,23). The fraction of sp³-hybridized carbons (Fsp3) is 0.316. The van der Waals surface area contributed by atoms with Gasteiger partial charge in [0.15, 0.2) is 0 Å². The van der Waals surface area contributed by atoms with Gasteiger partial charge in [0.2, 0.25) is 11.8 Å². The van der Waals surface area contributed by atoms with E-state index in [2.05, 4.69) is 10.3 Å². The van der Waals surface area contributed by atoms with Crippen molar-refractivity contribution >= 4 is 17.6 Å². The molecule has 1 fully saturated rings. The maximum atomic E-state index is 12.8. The van der Waals surface area contributed by atoms with Crippen LogP contribution in [0.25, 0.3) is 0 Å². The molecule has 3 rings (SSSR count). The Bertz CT molecular complexity index is 737. The second-order valence-electron chi connectivity index (χ2n) is 6.38. The van der Waals surface area contributed by atoms with Crippen LogP contribution in [0.15, 0.2) is 48.7 Å². The number of hydrogen-bond donors (Lipinski definition) is 1. The van der Waals surface area contributed by atoms with Gasteiger partial charge in [-0.25, -0.2) is 4.98 Å². The molecule has 1 aliphatic carbocycles. The Kier molecular flexibility index (Phi) is 4.34. The minimum Gasteiger partial charge on any atom is -0.336 e. The van der Waals surface area contributed by atoms with Crippen LogP contribution in [0.2, 0.25) is 0 Å². The Balaban J connectivity index is 1.62. The zero-order valence-corrected chi connectivity index (χ0v) is 14.0. The predicted molar refractivity (Wildman–Crippen MR) is 92.6 cm³/mol. The summed E-state index contributed by atoms with van der Waals surface area (Å²) in [6.07, 6.45) is 3.36. The number of rotatable bonds is 5. The molecule has 0 saturated heterocycles. The van der Waals surface area contributed by atoms with E-state index >= 15 is 0 Å². The largest absolute Gasteiger partial charge is 0.336 e. The molecule has 1 saturated carbocycles. The van der Waals surface area contributed by atoms with Gasteiger partial charge in [-0.15, -0.1) is 0 Å². The van der Waals surface area contributed by atoms with Gasteiger partial charge in [-0.3, -0.25) is 9.59 Å². The third kappa shape index (κ3) is 3.30. The number of anilines is 1. The van der Waals surface area contributed by atoms with Crippen molar-refractivity contribution in [3.63, 3.8) is 0 Å². The van der Waals surface area contributed by atoms with Crippen molar-refractivity contribution in [2.24, 2.45) is 0 Å². The van der Waals surface area contributed by atoms with Gasteiger partial charge in [-0.1, -0.05) is 36.4 Å². The number of nitrogens with zero attached hydrogens (tertiary/aromatic N) is 2. The molecule has 5 nitrogen and oxygen atoms in total. The van der Waals surface area contributed by atoms with Gasteiger partial charge in [-0.05, 0) is 37.0 Å². The lowest BCUT2D eigenvalue weighted by Crippen LogP contribution is -2.41. The summed E-state index contributed by atoms with van der Waals surface area (Å²) in [6, 6.07) is 13.4. The van der Waals surface area contributed by atoms with E-state index in [1.807, 2.05) is 43.3 Å². The van der Waals surface area contributed by atoms with E-state index in [9.17, 15) is 9.59 Å². The average molecular weight is 323 g/mol. The first-order chi connectivity index (χ1) is 11.5. The van der Waals surface area contributed by atoms with Crippen molar-refractivity contribution in [2.75, 3.05) is 18.9 Å². The smallest absolute Gasteiger partial charge is 0.245 e. The van der Waals surface area contributed by atoms with Crippen molar-refractivity contribution in [2.45, 2.75) is 25.2 Å². The number of amides is 2. The molecule has 1 heterocycles. The molecular weight excluding hydrogens is 302 g/mol. The molecule has 0 radical (unpaired) electrons. The van der Waals surface area contributed by atoms with Crippen LogP contribution >= 0.6 is 0 Å². The number of aromatic nitrogens is 1. The van der Waals surface area contributed by atoms with Crippen molar-refractivity contribution in [3.8, 4) is 0 Å². The third-order valence-electron chi connectivity index (χ3n) is 4.39. The summed E-state index contributed by atoms with van der Waals surface area (Å²) in [5, 5.41) is 2.72. The number of carbonyl (C=O) groups is 2. The van der Waals surface area contributed by atoms with Gasteiger partial charge < -0.3 is 10.2 Å². The Morgan fingerprint density at radius 1 is 1.17 bits per heavy atom. The highest BCUT2D eigenvalue weighted by atomic mass is 16.2. The second-order valence-corrected chi connectivity index (χ2v) is 6.38. The normalized spacial score (nSPS) is 14.8. The summed E-state index contributed by atoms with van der Waals surface area (Å²) in [7, 11) is 1.67. The van der Waals surface area contributed by atoms with Gasteiger partial charge in [0, 0.05) is 13.2 Å². The quantitative estimate of drug-likeness (QED) is 0.919. The van der Waals surface area contributed by atoms with Gasteiger partial charge in [-0.2, -0.15) is 0 Å². The molecule has 2 amide bonds. The van der Waals surface area contributed by atoms with Gasteiger partial charge >= 0.3 is 0 Å². The molecule has 1 aliphatic rings. The highest BCUT2D eigenvalue weighted by Gasteiger charge is 2.52. The third-order valence-corrected chi connectivity index (χ3v) is 4.39. The molecule has 0 aliphatic heterocycles. The van der Waals surface area contributed by atoms with Gasteiger partial charge in [0.1, 0.15) is 5.82 Å². The number of hydrogen-bond acceptors (Lipinski definition) is 3. The van der Waals surface area contributed by atoms with Crippen molar-refractivity contribution < 1.29 is 9.59 Å². The maximum absolute atomic E-state index is 12.8. The van der Waals surface area contributed by atoms with Crippen LogP contribution < -0.4 is 5.32 Å². The van der Waals surface area contributed by atoms with Crippen LogP contribution in [0.5, 0.6) is 0 Å². The molecule has 1 aromatic carbocycles. The lowest BCUT2D eigenvalue weighted by atomic mass is 9.94. The SMILES string of the molecule is Cc1ccc(NC(=O)CN(C)C(=O)C2(c3ccccc3)CC2)nc1. The van der Waals surface area contributed by atoms with E-state index in [0.717, 1.165) is 24.0 Å². The molecule has 0 atom stereocenters. The first kappa shape index (κ1) is 16.2. The number of nitrogens with one attached hydrogen (secondary N) is 1. The summed E-state index contributed by atoms with van der Waals surface area (Å²) in [5.41, 5.74) is 1.61. The Morgan fingerprint density at radius 3 is 2.46 bits per heavy atom. The molecule has 2 aromatic rings. The van der Waals surface area contributed by atoms with Crippen LogP contribution in [0.4, 0.5) is 5.82 Å². The van der Waals surface area contributed by atoms with Crippen molar-refractivity contribution in [3.05, 3.63) is 59.8 Å². The Labute approximate surface area is 141 Å². The molecule has 0 bridgehead atoms. The zero-order chi connectivity index (χ0) is 17.2. The highest BCUT2D eigenvalue weighted by molar-refractivity contribution is 5.97. The molecule has 0 spiro atoms. The first-order valence-electron chi connectivity index (χ1n) is 8.05. The number of aryl methyl sites for hydroxylation is 1. The molecule has 1 aromatic heterocycles. The van der Waals surface area contributed by atoms with Crippen LogP contribution in [-0.4, -0.2) is 35.3 Å². The zero-order valence-electron chi connectivity index (χ0n) is 14.0. The van der Waals surface area contributed by atoms with Crippen molar-refractivity contribution in [1.29, 1.82) is 0 Å². The molecule has 5 heteroatoms. The monoisotopic (exact) mass is 323 g/mol. The summed E-state index contributed by atoms with van der Waals surface area (Å²) in [5.74, 6) is 0.252. The van der Waals surface area contributed by atoms with Gasteiger partial charge in [0.05, 0.1) is 12.0 Å². The van der Waals surface area contributed by atoms with Crippen molar-refractivity contribution in [1.82, 2.24) is 9.88 Å². The van der Waals surface area contributed by atoms with Crippen LogP contribution in [0.3, 0.4) is 0 Å². The van der Waals surface area contributed by atoms with Crippen LogP contribution in [0, 0.1) is 6.92 Å². The number of pyridine rings is 1. The summed E-state index contributed by atoms with van der Waals surface area (Å²) in [4.78, 5) is 30.6. The Hall–Kier alpha value is -2.69. The van der Waals surface area contributed by atoms with E-state index in [-0.39, 0.29) is 18.4 Å². The highest BCUT2D eigenvalue weighted by Crippen LogP contribution is 2.49. The first-order valence-corrected chi connectivity index (χ1v) is 8.05. The Morgan fingerprint density at radius 2 is 1.88 bits per heavy atom. The topological polar surface area (TPSA) is 62.3 Å². The van der Waals surface area contributed by atoms with E-state index in [1.54, 1.807) is 19.3 Å². The van der Waals surface area contributed by atoms with E-state index < -0.39 is 5.41 Å². The lowest BCUT2D eigenvalue weighted by Gasteiger charge is -2.23. The fourth-order valence-electron chi connectivity index (χ4n) is 2.88. The van der Waals surface area contributed by atoms with E-state index in [4.69, 9.17) is 0 Å². The molecule has 124 valence electrons. The minimum atomic E-state index is -0.446. The molecular formula is C19H21N3O2. The lowest BCUT2D eigenvalue weighted by molar-refractivity contribution is -0.135. The number of benzene rings is 1. The molecule has 0 unspecified atom stereocenters. The van der Waals surface area contributed by atoms with E-state index in [0.29, 0.717) is 5.82 Å².